The van der Waals surface area contributed by atoms with Crippen LogP contribution >= 0.6 is 0 Å². The summed E-state index contributed by atoms with van der Waals surface area (Å²) in [5.74, 6) is 0.0253. The highest BCUT2D eigenvalue weighted by atomic mass is 16.2. The average molecular weight is 335 g/mol. The van der Waals surface area contributed by atoms with Crippen molar-refractivity contribution >= 4 is 22.8 Å². The average Bonchev–Trinajstić information content (AvgIpc) is 3.31. The van der Waals surface area contributed by atoms with Gasteiger partial charge >= 0.3 is 0 Å². The summed E-state index contributed by atoms with van der Waals surface area (Å²) in [4.78, 5) is 36.1. The molecular formula is C18H17N5O2. The molecule has 3 N–H and O–H groups in total. The number of aromatic nitrogens is 3. The van der Waals surface area contributed by atoms with Gasteiger partial charge in [0.25, 0.3) is 5.91 Å². The standard InChI is InChI=1S/C18H17N5O2/c24-17(23-18(25)14-2-1-7-20-14)12-3-4-13-15(10-12)22-16(21-13)11-5-8-19-9-6-11/h3-6,8-10,14,20H,1-2,7H2,(H,21,22)(H,23,24,25). The normalized spacial score (nSPS) is 16.9. The van der Waals surface area contributed by atoms with Gasteiger partial charge in [0.05, 0.1) is 17.1 Å². The zero-order valence-electron chi connectivity index (χ0n) is 13.5. The molecule has 3 heterocycles. The Morgan fingerprint density at radius 2 is 2.00 bits per heavy atom. The van der Waals surface area contributed by atoms with Gasteiger partial charge in [-0.15, -0.1) is 0 Å². The smallest absolute Gasteiger partial charge is 0.257 e. The maximum Gasteiger partial charge on any atom is 0.257 e. The molecule has 1 aliphatic rings. The van der Waals surface area contributed by atoms with Crippen molar-refractivity contribution < 1.29 is 9.59 Å². The van der Waals surface area contributed by atoms with Crippen LogP contribution in [0.3, 0.4) is 0 Å². The Hall–Kier alpha value is -3.06. The first kappa shape index (κ1) is 15.5. The maximum atomic E-state index is 12.3. The van der Waals surface area contributed by atoms with Crippen LogP contribution in [0.5, 0.6) is 0 Å². The van der Waals surface area contributed by atoms with Crippen LogP contribution in [-0.2, 0) is 4.79 Å². The molecule has 3 aromatic rings. The van der Waals surface area contributed by atoms with Crippen LogP contribution in [-0.4, -0.2) is 39.4 Å². The summed E-state index contributed by atoms with van der Waals surface area (Å²) in [5.41, 5.74) is 2.82. The summed E-state index contributed by atoms with van der Waals surface area (Å²) in [5, 5.41) is 5.53. The first-order valence-electron chi connectivity index (χ1n) is 8.19. The van der Waals surface area contributed by atoms with E-state index in [0.717, 1.165) is 30.5 Å². The minimum absolute atomic E-state index is 0.276. The van der Waals surface area contributed by atoms with E-state index in [2.05, 4.69) is 25.6 Å². The number of imidazole rings is 1. The molecule has 25 heavy (non-hydrogen) atoms. The van der Waals surface area contributed by atoms with E-state index in [1.807, 2.05) is 12.1 Å². The third kappa shape index (κ3) is 3.14. The van der Waals surface area contributed by atoms with E-state index in [4.69, 9.17) is 0 Å². The van der Waals surface area contributed by atoms with E-state index in [1.165, 1.54) is 0 Å². The second-order valence-electron chi connectivity index (χ2n) is 6.02. The molecule has 0 radical (unpaired) electrons. The van der Waals surface area contributed by atoms with Crippen molar-refractivity contribution in [1.82, 2.24) is 25.6 Å². The Kier molecular flexibility index (Phi) is 3.99. The van der Waals surface area contributed by atoms with Crippen LogP contribution < -0.4 is 10.6 Å². The summed E-state index contributed by atoms with van der Waals surface area (Å²) < 4.78 is 0. The number of aromatic amines is 1. The highest BCUT2D eigenvalue weighted by Crippen LogP contribution is 2.20. The number of H-pyrrole nitrogens is 1. The number of carbonyl (C=O) groups excluding carboxylic acids is 2. The van der Waals surface area contributed by atoms with Gasteiger partial charge in [-0.1, -0.05) is 0 Å². The number of pyridine rings is 1. The van der Waals surface area contributed by atoms with Crippen molar-refractivity contribution in [2.75, 3.05) is 6.54 Å². The molecule has 0 saturated carbocycles. The lowest BCUT2D eigenvalue weighted by Gasteiger charge is -2.09. The molecule has 2 aromatic heterocycles. The molecule has 1 unspecified atom stereocenters. The molecule has 0 aliphatic carbocycles. The van der Waals surface area contributed by atoms with Crippen LogP contribution in [0.4, 0.5) is 0 Å². The molecule has 1 saturated heterocycles. The van der Waals surface area contributed by atoms with Crippen molar-refractivity contribution in [3.05, 3.63) is 48.3 Å². The number of fused-ring (bicyclic) bond motifs is 1. The van der Waals surface area contributed by atoms with Gasteiger partial charge in [0.15, 0.2) is 0 Å². The number of hydrogen-bond donors (Lipinski definition) is 3. The predicted molar refractivity (Wildman–Crippen MR) is 92.8 cm³/mol. The monoisotopic (exact) mass is 335 g/mol. The predicted octanol–water partition coefficient (Wildman–Crippen LogP) is 1.63. The molecule has 0 spiro atoms. The summed E-state index contributed by atoms with van der Waals surface area (Å²) >= 11 is 0. The molecule has 1 fully saturated rings. The minimum atomic E-state index is -0.408. The first-order chi connectivity index (χ1) is 12.2. The third-order valence-electron chi connectivity index (χ3n) is 4.31. The Balaban J connectivity index is 1.56. The molecule has 7 nitrogen and oxygen atoms in total. The van der Waals surface area contributed by atoms with Crippen molar-refractivity contribution in [3.63, 3.8) is 0 Å². The maximum absolute atomic E-state index is 12.3. The van der Waals surface area contributed by atoms with E-state index in [9.17, 15) is 9.59 Å². The Labute approximate surface area is 143 Å². The lowest BCUT2D eigenvalue weighted by Crippen LogP contribution is -2.43. The van der Waals surface area contributed by atoms with Crippen LogP contribution in [0, 0.1) is 0 Å². The number of carbonyl (C=O) groups is 2. The zero-order chi connectivity index (χ0) is 17.2. The highest BCUT2D eigenvalue weighted by Gasteiger charge is 2.24. The molecule has 126 valence electrons. The SMILES string of the molecule is O=C(NC(=O)C1CCCN1)c1ccc2[nH]c(-c3ccncc3)nc2c1. The van der Waals surface area contributed by atoms with E-state index < -0.39 is 5.91 Å². The van der Waals surface area contributed by atoms with Gasteiger partial charge in [0, 0.05) is 23.5 Å². The molecule has 2 amide bonds. The number of hydrogen-bond acceptors (Lipinski definition) is 5. The Morgan fingerprint density at radius 1 is 1.16 bits per heavy atom. The molecule has 1 aromatic carbocycles. The Morgan fingerprint density at radius 3 is 2.76 bits per heavy atom. The Bertz CT molecular complexity index is 929. The van der Waals surface area contributed by atoms with Crippen molar-refractivity contribution in [2.45, 2.75) is 18.9 Å². The third-order valence-corrected chi connectivity index (χ3v) is 4.31. The fraction of sp³-hybridized carbons (Fsp3) is 0.222. The highest BCUT2D eigenvalue weighted by molar-refractivity contribution is 6.07. The number of nitrogens with one attached hydrogen (secondary N) is 3. The summed E-state index contributed by atoms with van der Waals surface area (Å²) in [6.45, 7) is 0.809. The van der Waals surface area contributed by atoms with Crippen LogP contribution in [0.15, 0.2) is 42.7 Å². The minimum Gasteiger partial charge on any atom is -0.338 e. The molecule has 1 atom stereocenters. The van der Waals surface area contributed by atoms with E-state index in [0.29, 0.717) is 16.9 Å². The molecule has 0 bridgehead atoms. The molecule has 1 aliphatic heterocycles. The number of nitrogens with zero attached hydrogens (tertiary/aromatic N) is 2. The van der Waals surface area contributed by atoms with Crippen molar-refractivity contribution in [2.24, 2.45) is 0 Å². The summed E-state index contributed by atoms with van der Waals surface area (Å²) in [6, 6.07) is 8.59. The quantitative estimate of drug-likeness (QED) is 0.632. The first-order valence-corrected chi connectivity index (χ1v) is 8.19. The second-order valence-corrected chi connectivity index (χ2v) is 6.02. The molecule has 4 rings (SSSR count). The van der Waals surface area contributed by atoms with Gasteiger partial charge in [-0.3, -0.25) is 19.9 Å². The van der Waals surface area contributed by atoms with E-state index >= 15 is 0 Å². The van der Waals surface area contributed by atoms with E-state index in [1.54, 1.807) is 30.6 Å². The summed E-state index contributed by atoms with van der Waals surface area (Å²) in [6.07, 6.45) is 5.10. The van der Waals surface area contributed by atoms with Gasteiger partial charge in [-0.05, 0) is 49.7 Å². The number of amides is 2. The number of imide groups is 1. The summed E-state index contributed by atoms with van der Waals surface area (Å²) in [7, 11) is 0. The molecule has 7 heteroatoms. The lowest BCUT2D eigenvalue weighted by molar-refractivity contribution is -0.121. The van der Waals surface area contributed by atoms with Gasteiger partial charge in [-0.2, -0.15) is 0 Å². The van der Waals surface area contributed by atoms with Crippen LogP contribution in [0.25, 0.3) is 22.4 Å². The van der Waals surface area contributed by atoms with Crippen LogP contribution in [0.2, 0.25) is 0 Å². The fourth-order valence-corrected chi connectivity index (χ4v) is 2.97. The van der Waals surface area contributed by atoms with E-state index in [-0.39, 0.29) is 11.9 Å². The number of rotatable bonds is 3. The van der Waals surface area contributed by atoms with Gasteiger partial charge < -0.3 is 10.3 Å². The lowest BCUT2D eigenvalue weighted by atomic mass is 10.1. The van der Waals surface area contributed by atoms with Gasteiger partial charge in [-0.25, -0.2) is 4.98 Å². The fourth-order valence-electron chi connectivity index (χ4n) is 2.97. The van der Waals surface area contributed by atoms with Gasteiger partial charge in [0.1, 0.15) is 5.82 Å². The van der Waals surface area contributed by atoms with Gasteiger partial charge in [0.2, 0.25) is 5.91 Å². The zero-order valence-corrected chi connectivity index (χ0v) is 13.5. The van der Waals surface area contributed by atoms with Crippen LogP contribution in [0.1, 0.15) is 23.2 Å². The topological polar surface area (TPSA) is 99.8 Å². The van der Waals surface area contributed by atoms with Crippen molar-refractivity contribution in [1.29, 1.82) is 0 Å². The largest absolute Gasteiger partial charge is 0.338 e. The second kappa shape index (κ2) is 6.45. The number of benzene rings is 1. The van der Waals surface area contributed by atoms with Crippen molar-refractivity contribution in [3.8, 4) is 11.4 Å². The molecular weight excluding hydrogens is 318 g/mol.